The molecule has 0 saturated heterocycles. The van der Waals surface area contributed by atoms with Gasteiger partial charge in [-0.05, 0) is 30.5 Å². The van der Waals surface area contributed by atoms with E-state index in [4.69, 9.17) is 9.68 Å². The summed E-state index contributed by atoms with van der Waals surface area (Å²) in [5, 5.41) is 8.52. The van der Waals surface area contributed by atoms with Gasteiger partial charge in [0, 0.05) is 0 Å². The lowest BCUT2D eigenvalue weighted by atomic mass is 10.0. The molecule has 1 aromatic carbocycles. The van der Waals surface area contributed by atoms with Crippen molar-refractivity contribution in [2.24, 2.45) is 0 Å². The summed E-state index contributed by atoms with van der Waals surface area (Å²) >= 11 is 0. The molecule has 0 atom stereocenters. The molecule has 1 aromatic rings. The van der Waals surface area contributed by atoms with Gasteiger partial charge in [0.25, 0.3) is 0 Å². The molecular weight excluding hydrogens is 235 g/mol. The van der Waals surface area contributed by atoms with Gasteiger partial charge in [-0.3, -0.25) is 0 Å². The van der Waals surface area contributed by atoms with E-state index >= 15 is 0 Å². The zero-order chi connectivity index (χ0) is 13.8. The molecule has 0 fully saturated rings. The van der Waals surface area contributed by atoms with Crippen molar-refractivity contribution in [3.63, 3.8) is 0 Å². The minimum absolute atomic E-state index is 0.683. The van der Waals surface area contributed by atoms with Gasteiger partial charge in [0.2, 0.25) is 0 Å². The van der Waals surface area contributed by atoms with Gasteiger partial charge >= 0.3 is 7.69 Å². The number of hydrogen-bond acceptors (Lipinski definition) is 2. The third kappa shape index (κ3) is 7.94. The zero-order valence-electron chi connectivity index (χ0n) is 12.1. The minimum atomic E-state index is 0.683. The van der Waals surface area contributed by atoms with E-state index in [1.54, 1.807) is 0 Å². The van der Waals surface area contributed by atoms with Crippen LogP contribution in [0.25, 0.3) is 0 Å². The molecule has 0 bridgehead atoms. The molecule has 19 heavy (non-hydrogen) atoms. The second kappa shape index (κ2) is 10.9. The SMILES string of the molecule is CCCCCCCCCCc1ccc(O[B]O)cc1. The normalized spacial score (nSPS) is 10.4. The van der Waals surface area contributed by atoms with Crippen LogP contribution in [0.4, 0.5) is 0 Å². The molecule has 1 rings (SSSR count). The van der Waals surface area contributed by atoms with Crippen LogP contribution in [0, 0.1) is 0 Å². The van der Waals surface area contributed by atoms with Crippen LogP contribution in [0.5, 0.6) is 5.75 Å². The van der Waals surface area contributed by atoms with Crippen molar-refractivity contribution in [2.75, 3.05) is 0 Å². The van der Waals surface area contributed by atoms with Crippen molar-refractivity contribution in [2.45, 2.75) is 64.7 Å². The molecule has 0 unspecified atom stereocenters. The van der Waals surface area contributed by atoms with Crippen LogP contribution in [-0.4, -0.2) is 12.7 Å². The largest absolute Gasteiger partial charge is 0.569 e. The second-order valence-electron chi connectivity index (χ2n) is 5.09. The minimum Gasteiger partial charge on any atom is -0.537 e. The fourth-order valence-corrected chi connectivity index (χ4v) is 2.26. The Bertz CT molecular complexity index is 311. The Morgan fingerprint density at radius 3 is 2.05 bits per heavy atom. The maximum absolute atomic E-state index is 8.52. The lowest BCUT2D eigenvalue weighted by molar-refractivity contribution is 0.453. The molecule has 0 spiro atoms. The van der Waals surface area contributed by atoms with Crippen LogP contribution >= 0.6 is 0 Å². The third-order valence-corrected chi connectivity index (χ3v) is 3.43. The van der Waals surface area contributed by atoms with Crippen molar-refractivity contribution < 1.29 is 9.68 Å². The van der Waals surface area contributed by atoms with Gasteiger partial charge in [-0.1, -0.05) is 64.0 Å². The molecule has 2 nitrogen and oxygen atoms in total. The molecule has 0 aliphatic rings. The lowest BCUT2D eigenvalue weighted by Crippen LogP contribution is -1.99. The first-order chi connectivity index (χ1) is 9.36. The number of rotatable bonds is 11. The molecule has 0 aliphatic heterocycles. The van der Waals surface area contributed by atoms with Crippen molar-refractivity contribution >= 4 is 7.69 Å². The first-order valence-electron chi connectivity index (χ1n) is 7.58. The zero-order valence-corrected chi connectivity index (χ0v) is 12.1. The highest BCUT2D eigenvalue weighted by Crippen LogP contribution is 2.15. The summed E-state index contributed by atoms with van der Waals surface area (Å²) in [6.07, 6.45) is 12.0. The number of unbranched alkanes of at least 4 members (excludes halogenated alkanes) is 7. The van der Waals surface area contributed by atoms with Gasteiger partial charge in [-0.2, -0.15) is 0 Å². The van der Waals surface area contributed by atoms with Gasteiger partial charge in [-0.15, -0.1) is 0 Å². The van der Waals surface area contributed by atoms with E-state index < -0.39 is 0 Å². The van der Waals surface area contributed by atoms with Crippen LogP contribution in [0.3, 0.4) is 0 Å². The molecule has 3 heteroatoms. The highest BCUT2D eigenvalue weighted by Gasteiger charge is 1.97. The second-order valence-corrected chi connectivity index (χ2v) is 5.09. The maximum Gasteiger partial charge on any atom is 0.569 e. The summed E-state index contributed by atoms with van der Waals surface area (Å²) < 4.78 is 4.88. The summed E-state index contributed by atoms with van der Waals surface area (Å²) in [5.41, 5.74) is 1.34. The Kier molecular flexibility index (Phi) is 9.25. The van der Waals surface area contributed by atoms with Gasteiger partial charge < -0.3 is 9.68 Å². The molecule has 0 aromatic heterocycles. The summed E-state index contributed by atoms with van der Waals surface area (Å²) in [6, 6.07) is 7.93. The smallest absolute Gasteiger partial charge is 0.537 e. The van der Waals surface area contributed by atoms with E-state index in [2.05, 4.69) is 19.1 Å². The molecule has 0 saturated carbocycles. The predicted molar refractivity (Wildman–Crippen MR) is 81.4 cm³/mol. The van der Waals surface area contributed by atoms with E-state index in [-0.39, 0.29) is 0 Å². The standard InChI is InChI=1S/C16H26BO2/c1-2-3-4-5-6-7-8-9-10-15-11-13-16(14-12-15)19-17-18/h11-14,18H,2-10H2,1H3. The third-order valence-electron chi connectivity index (χ3n) is 3.43. The first-order valence-corrected chi connectivity index (χ1v) is 7.58. The fourth-order valence-electron chi connectivity index (χ4n) is 2.26. The van der Waals surface area contributed by atoms with Crippen molar-refractivity contribution in [3.8, 4) is 5.75 Å². The van der Waals surface area contributed by atoms with E-state index in [1.807, 2.05) is 12.1 Å². The Balaban J connectivity index is 2.02. The Labute approximate surface area is 118 Å². The number of aryl methyl sites for hydroxylation is 1. The molecule has 105 valence electrons. The summed E-state index contributed by atoms with van der Waals surface area (Å²) in [7, 11) is 0.716. The van der Waals surface area contributed by atoms with Crippen molar-refractivity contribution in [1.82, 2.24) is 0 Å². The summed E-state index contributed by atoms with van der Waals surface area (Å²) in [6.45, 7) is 2.26. The van der Waals surface area contributed by atoms with Gasteiger partial charge in [0.1, 0.15) is 0 Å². The quantitative estimate of drug-likeness (QED) is 0.476. The molecule has 0 aliphatic carbocycles. The number of benzene rings is 1. The van der Waals surface area contributed by atoms with Crippen LogP contribution < -0.4 is 4.65 Å². The Hall–Kier alpha value is -0.955. The molecular formula is C16H26BO2. The van der Waals surface area contributed by atoms with Crippen LogP contribution in [0.15, 0.2) is 24.3 Å². The monoisotopic (exact) mass is 261 g/mol. The topological polar surface area (TPSA) is 29.5 Å². The Morgan fingerprint density at radius 1 is 0.895 bits per heavy atom. The fraction of sp³-hybridized carbons (Fsp3) is 0.625. The van der Waals surface area contributed by atoms with E-state index in [0.717, 1.165) is 6.42 Å². The first kappa shape index (κ1) is 16.1. The van der Waals surface area contributed by atoms with Crippen LogP contribution in [0.1, 0.15) is 63.9 Å². The number of hydrogen-bond donors (Lipinski definition) is 1. The molecule has 1 radical (unpaired) electrons. The van der Waals surface area contributed by atoms with Crippen molar-refractivity contribution in [3.05, 3.63) is 29.8 Å². The lowest BCUT2D eigenvalue weighted by Gasteiger charge is -2.04. The highest BCUT2D eigenvalue weighted by atomic mass is 16.5. The van der Waals surface area contributed by atoms with Gasteiger partial charge in [-0.25, -0.2) is 0 Å². The van der Waals surface area contributed by atoms with Crippen LogP contribution in [0.2, 0.25) is 0 Å². The van der Waals surface area contributed by atoms with Gasteiger partial charge in [0.05, 0.1) is 5.75 Å². The summed E-state index contributed by atoms with van der Waals surface area (Å²) in [4.78, 5) is 0. The van der Waals surface area contributed by atoms with Gasteiger partial charge in [0.15, 0.2) is 0 Å². The average Bonchev–Trinajstić information content (AvgIpc) is 2.44. The molecule has 0 heterocycles. The Morgan fingerprint density at radius 2 is 1.47 bits per heavy atom. The predicted octanol–water partition coefficient (Wildman–Crippen LogP) is 4.28. The molecule has 0 amide bonds. The van der Waals surface area contributed by atoms with Crippen molar-refractivity contribution in [1.29, 1.82) is 0 Å². The summed E-state index contributed by atoms with van der Waals surface area (Å²) in [5.74, 6) is 0.683. The molecule has 1 N–H and O–H groups in total. The average molecular weight is 261 g/mol. The van der Waals surface area contributed by atoms with E-state index in [1.165, 1.54) is 56.9 Å². The van der Waals surface area contributed by atoms with E-state index in [0.29, 0.717) is 13.4 Å². The van der Waals surface area contributed by atoms with E-state index in [9.17, 15) is 0 Å². The van der Waals surface area contributed by atoms with Crippen LogP contribution in [-0.2, 0) is 6.42 Å². The highest BCUT2D eigenvalue weighted by molar-refractivity contribution is 6.17. The maximum atomic E-state index is 8.52.